The summed E-state index contributed by atoms with van der Waals surface area (Å²) in [7, 11) is 0. The van der Waals surface area contributed by atoms with E-state index in [0.29, 0.717) is 22.8 Å². The number of benzene rings is 1. The Kier molecular flexibility index (Phi) is 9.53. The van der Waals surface area contributed by atoms with Crippen LogP contribution in [0.1, 0.15) is 62.4 Å². The van der Waals surface area contributed by atoms with E-state index < -0.39 is 35.1 Å². The molecule has 5 atom stereocenters. The van der Waals surface area contributed by atoms with Crippen LogP contribution >= 0.6 is 0 Å². The monoisotopic (exact) mass is 644 g/mol. The third kappa shape index (κ3) is 7.79. The van der Waals surface area contributed by atoms with Crippen LogP contribution in [0.15, 0.2) is 57.9 Å². The molecule has 1 saturated carbocycles. The van der Waals surface area contributed by atoms with E-state index in [0.717, 1.165) is 38.8 Å². The zero-order valence-corrected chi connectivity index (χ0v) is 26.3. The van der Waals surface area contributed by atoms with Gasteiger partial charge < -0.3 is 30.3 Å². The molecule has 13 nitrogen and oxygen atoms in total. The number of amides is 4. The molecule has 3 aliphatic rings. The molecule has 2 aliphatic heterocycles. The van der Waals surface area contributed by atoms with E-state index in [1.165, 1.54) is 35.4 Å². The standard InChI is InChI=1S/C34H40N6O7/c1-20-16-21-6-4-14-39(18-21)30(20)38-29(42)19-40-15-5-8-25(34(40)46)37-31(43)24(12-13-26(41)32(44)35-23-10-11-23)36-33(45)28-17-22-7-2-3-9-27(22)47-28/h2-3,5,7-9,15,17,20-21,23-24,30H,4,6,10-14,16,18-19H2,1H3,(H,35,44)(H,36,45)(H,37,43)(H,38,42)/t20?,21?,24-,30?/m0/s1. The lowest BCUT2D eigenvalue weighted by atomic mass is 9.82. The number of hydrogen-bond donors (Lipinski definition) is 4. The third-order valence-corrected chi connectivity index (χ3v) is 9.19. The minimum Gasteiger partial charge on any atom is -0.451 e. The molecule has 2 aromatic heterocycles. The predicted molar refractivity (Wildman–Crippen MR) is 172 cm³/mol. The van der Waals surface area contributed by atoms with E-state index in [4.69, 9.17) is 4.42 Å². The Labute approximate surface area is 271 Å². The lowest BCUT2D eigenvalue weighted by molar-refractivity contribution is -0.138. The van der Waals surface area contributed by atoms with E-state index in [9.17, 15) is 28.8 Å². The molecule has 4 amide bonds. The number of carbonyl (C=O) groups is 5. The Balaban J connectivity index is 1.13. The van der Waals surface area contributed by atoms with Crippen molar-refractivity contribution < 1.29 is 28.4 Å². The summed E-state index contributed by atoms with van der Waals surface area (Å²) >= 11 is 0. The minimum atomic E-state index is -1.29. The zero-order valence-electron chi connectivity index (χ0n) is 26.3. The topological polar surface area (TPSA) is 172 Å². The third-order valence-electron chi connectivity index (χ3n) is 9.19. The largest absolute Gasteiger partial charge is 0.451 e. The fraction of sp³-hybridized carbons (Fsp3) is 0.471. The molecular formula is C34H40N6O7. The van der Waals surface area contributed by atoms with Gasteiger partial charge in [0, 0.05) is 37.1 Å². The highest BCUT2D eigenvalue weighted by Crippen LogP contribution is 2.32. The molecule has 2 bridgehead atoms. The average Bonchev–Trinajstić information content (AvgIpc) is 3.76. The number of anilines is 1. The first-order valence-electron chi connectivity index (χ1n) is 16.3. The maximum atomic E-state index is 13.5. The van der Waals surface area contributed by atoms with Crippen molar-refractivity contribution in [1.29, 1.82) is 0 Å². The fourth-order valence-electron chi connectivity index (χ4n) is 6.61. The molecule has 47 heavy (non-hydrogen) atoms. The van der Waals surface area contributed by atoms with Crippen LogP contribution in [0.4, 0.5) is 5.69 Å². The molecule has 6 rings (SSSR count). The summed E-state index contributed by atoms with van der Waals surface area (Å²) in [4.78, 5) is 80.1. The smallest absolute Gasteiger partial charge is 0.287 e. The van der Waals surface area contributed by atoms with Crippen molar-refractivity contribution in [3.8, 4) is 0 Å². The van der Waals surface area contributed by atoms with E-state index in [2.05, 4.69) is 33.1 Å². The quantitative estimate of drug-likeness (QED) is 0.217. The van der Waals surface area contributed by atoms with Crippen molar-refractivity contribution in [2.45, 2.75) is 76.7 Å². The van der Waals surface area contributed by atoms with Crippen LogP contribution in [-0.4, -0.2) is 70.2 Å². The van der Waals surface area contributed by atoms with Crippen LogP contribution in [0.3, 0.4) is 0 Å². The summed E-state index contributed by atoms with van der Waals surface area (Å²) in [6, 6.07) is 10.2. The number of aromatic nitrogens is 1. The number of hydrogen-bond acceptors (Lipinski definition) is 8. The van der Waals surface area contributed by atoms with Gasteiger partial charge in [0.2, 0.25) is 17.6 Å². The maximum Gasteiger partial charge on any atom is 0.287 e. The Morgan fingerprint density at radius 2 is 1.83 bits per heavy atom. The van der Waals surface area contributed by atoms with Gasteiger partial charge in [0.25, 0.3) is 17.4 Å². The summed E-state index contributed by atoms with van der Waals surface area (Å²) < 4.78 is 6.84. The minimum absolute atomic E-state index is 0.0103. The fourth-order valence-corrected chi connectivity index (χ4v) is 6.61. The van der Waals surface area contributed by atoms with Gasteiger partial charge in [-0.15, -0.1) is 0 Å². The number of ketones is 1. The number of nitrogens with one attached hydrogen (secondary N) is 4. The first kappa shape index (κ1) is 32.2. The van der Waals surface area contributed by atoms with Crippen LogP contribution < -0.4 is 26.8 Å². The second-order valence-electron chi connectivity index (χ2n) is 13.0. The van der Waals surface area contributed by atoms with Gasteiger partial charge in [0.15, 0.2) is 5.76 Å². The maximum absolute atomic E-state index is 13.5. The average molecular weight is 645 g/mol. The number of piperidine rings is 2. The summed E-state index contributed by atoms with van der Waals surface area (Å²) in [5.41, 5.74) is -0.221. The number of nitrogens with zero attached hydrogens (tertiary/aromatic N) is 2. The van der Waals surface area contributed by atoms with Gasteiger partial charge in [0.1, 0.15) is 23.9 Å². The van der Waals surface area contributed by atoms with Crippen molar-refractivity contribution in [3.63, 3.8) is 0 Å². The molecule has 2 saturated heterocycles. The lowest BCUT2D eigenvalue weighted by Crippen LogP contribution is -2.59. The second kappa shape index (κ2) is 13.9. The number of carbonyl (C=O) groups excluding carboxylic acids is 5. The Morgan fingerprint density at radius 1 is 1.02 bits per heavy atom. The van der Waals surface area contributed by atoms with E-state index in [1.807, 2.05) is 0 Å². The summed E-state index contributed by atoms with van der Waals surface area (Å²) in [5, 5.41) is 11.6. The first-order valence-corrected chi connectivity index (χ1v) is 16.3. The molecule has 248 valence electrons. The number of pyridine rings is 1. The van der Waals surface area contributed by atoms with Gasteiger partial charge in [-0.05, 0) is 74.6 Å². The molecule has 1 aromatic carbocycles. The highest BCUT2D eigenvalue weighted by atomic mass is 16.3. The first-order chi connectivity index (χ1) is 22.6. The zero-order chi connectivity index (χ0) is 33.1. The van der Waals surface area contributed by atoms with Crippen LogP contribution in [0.5, 0.6) is 0 Å². The van der Waals surface area contributed by atoms with Gasteiger partial charge in [-0.25, -0.2) is 0 Å². The number of para-hydroxylation sites is 1. The lowest BCUT2D eigenvalue weighted by Gasteiger charge is -2.47. The molecule has 13 heteroatoms. The SMILES string of the molecule is CC1CC2CCCN(C2)C1NC(=O)Cn1cccc(NC(=O)[C@H](CCC(=O)C(=O)NC2CC2)NC(=O)c2cc3ccccc3o2)c1=O. The van der Waals surface area contributed by atoms with Gasteiger partial charge in [-0.3, -0.25) is 33.7 Å². The highest BCUT2D eigenvalue weighted by molar-refractivity contribution is 6.36. The number of fused-ring (bicyclic) bond motifs is 3. The van der Waals surface area contributed by atoms with E-state index in [-0.39, 0.29) is 48.9 Å². The summed E-state index contributed by atoms with van der Waals surface area (Å²) in [6.07, 6.45) is 5.85. The number of rotatable bonds is 12. The van der Waals surface area contributed by atoms with Crippen LogP contribution in [0, 0.1) is 11.8 Å². The Bertz CT molecular complexity index is 1710. The molecule has 3 aromatic rings. The van der Waals surface area contributed by atoms with Crippen LogP contribution in [-0.2, 0) is 25.7 Å². The van der Waals surface area contributed by atoms with E-state index in [1.54, 1.807) is 24.3 Å². The van der Waals surface area contributed by atoms with Crippen LogP contribution in [0.25, 0.3) is 11.0 Å². The molecule has 0 radical (unpaired) electrons. The highest BCUT2D eigenvalue weighted by Gasteiger charge is 2.37. The van der Waals surface area contributed by atoms with Gasteiger partial charge >= 0.3 is 0 Å². The van der Waals surface area contributed by atoms with Gasteiger partial charge in [-0.2, -0.15) is 0 Å². The van der Waals surface area contributed by atoms with Gasteiger partial charge in [-0.1, -0.05) is 25.1 Å². The number of furan rings is 1. The second-order valence-corrected chi connectivity index (χ2v) is 13.0. The van der Waals surface area contributed by atoms with Crippen molar-refractivity contribution in [3.05, 3.63) is 64.8 Å². The van der Waals surface area contributed by atoms with Crippen molar-refractivity contribution in [2.75, 3.05) is 18.4 Å². The van der Waals surface area contributed by atoms with Gasteiger partial charge in [0.05, 0.1) is 6.17 Å². The molecule has 4 unspecified atom stereocenters. The van der Waals surface area contributed by atoms with Crippen molar-refractivity contribution in [1.82, 2.24) is 25.4 Å². The summed E-state index contributed by atoms with van der Waals surface area (Å²) in [6.45, 7) is 3.79. The molecule has 1 aliphatic carbocycles. The molecule has 0 spiro atoms. The van der Waals surface area contributed by atoms with Crippen molar-refractivity contribution in [2.24, 2.45) is 11.8 Å². The normalized spacial score (nSPS) is 22.6. The van der Waals surface area contributed by atoms with E-state index >= 15 is 0 Å². The molecule has 4 N–H and O–H groups in total. The molecular weight excluding hydrogens is 604 g/mol. The molecule has 4 heterocycles. The Morgan fingerprint density at radius 3 is 2.62 bits per heavy atom. The summed E-state index contributed by atoms with van der Waals surface area (Å²) in [5.74, 6) is -2.32. The number of Topliss-reactive ketones (excluding diaryl/α,β-unsaturated/α-hetero) is 1. The predicted octanol–water partition coefficient (Wildman–Crippen LogP) is 2.15. The van der Waals surface area contributed by atoms with Crippen LogP contribution in [0.2, 0.25) is 0 Å². The Hall–Kier alpha value is -4.78. The molecule has 3 fully saturated rings. The van der Waals surface area contributed by atoms with Crippen molar-refractivity contribution >= 4 is 46.1 Å².